The van der Waals surface area contributed by atoms with E-state index in [0.717, 1.165) is 12.4 Å². The summed E-state index contributed by atoms with van der Waals surface area (Å²) in [6, 6.07) is 10.3. The van der Waals surface area contributed by atoms with Crippen molar-refractivity contribution in [2.45, 2.75) is 20.4 Å². The van der Waals surface area contributed by atoms with Gasteiger partial charge in [-0.05, 0) is 13.8 Å². The average Bonchev–Trinajstić information content (AvgIpc) is 2.61. The van der Waals surface area contributed by atoms with E-state index in [1.54, 1.807) is 0 Å². The van der Waals surface area contributed by atoms with Gasteiger partial charge in [-0.15, -0.1) is 0 Å². The maximum Gasteiger partial charge on any atom is 0.140 e. The molecule has 0 unspecified atom stereocenters. The molecule has 2 nitrogen and oxygen atoms in total. The smallest absolute Gasteiger partial charge is 0.140 e. The van der Waals surface area contributed by atoms with E-state index in [1.807, 2.05) is 24.4 Å². The van der Waals surface area contributed by atoms with E-state index in [2.05, 4.69) is 35.5 Å². The quantitative estimate of drug-likeness (QED) is 0.705. The molecular weight excluding hydrogens is 172 g/mol. The van der Waals surface area contributed by atoms with E-state index >= 15 is 0 Å². The third-order valence-electron chi connectivity index (χ3n) is 2.40. The molecule has 0 aliphatic rings. The third-order valence-corrected chi connectivity index (χ3v) is 2.40. The van der Waals surface area contributed by atoms with Gasteiger partial charge in [0.15, 0.2) is 0 Å². The molecule has 0 saturated heterocycles. The fraction of sp³-hybridized carbons (Fsp3) is 0.250. The molecule has 1 aromatic heterocycles. The Balaban J connectivity index is 2.52. The highest BCUT2D eigenvalue weighted by Gasteiger charge is 2.06. The minimum absolute atomic E-state index is 0.968. The van der Waals surface area contributed by atoms with E-state index in [1.165, 1.54) is 11.3 Å². The van der Waals surface area contributed by atoms with E-state index < -0.39 is 0 Å². The molecule has 0 spiro atoms. The average molecular weight is 186 g/mol. The summed E-state index contributed by atoms with van der Waals surface area (Å²) in [5, 5.41) is 0. The van der Waals surface area contributed by atoms with Crippen molar-refractivity contribution in [1.82, 2.24) is 9.55 Å². The number of hydrogen-bond acceptors (Lipinski definition) is 1. The van der Waals surface area contributed by atoms with Crippen LogP contribution in [0.25, 0.3) is 11.4 Å². The Morgan fingerprint density at radius 2 is 1.93 bits per heavy atom. The van der Waals surface area contributed by atoms with Crippen LogP contribution < -0.4 is 0 Å². The van der Waals surface area contributed by atoms with Crippen LogP contribution in [0.15, 0.2) is 36.5 Å². The van der Waals surface area contributed by atoms with Gasteiger partial charge >= 0.3 is 0 Å². The van der Waals surface area contributed by atoms with Crippen molar-refractivity contribution in [3.05, 3.63) is 42.2 Å². The summed E-state index contributed by atoms with van der Waals surface area (Å²) in [6.07, 6.45) is 1.92. The number of aryl methyl sites for hydroxylation is 1. The van der Waals surface area contributed by atoms with Crippen LogP contribution in [0.2, 0.25) is 0 Å². The summed E-state index contributed by atoms with van der Waals surface area (Å²) in [4.78, 5) is 4.42. The fourth-order valence-corrected chi connectivity index (χ4v) is 1.68. The maximum atomic E-state index is 4.42. The van der Waals surface area contributed by atoms with Crippen LogP contribution in [0, 0.1) is 6.92 Å². The van der Waals surface area contributed by atoms with Crippen molar-refractivity contribution in [2.24, 2.45) is 0 Å². The number of benzene rings is 1. The van der Waals surface area contributed by atoms with E-state index in [4.69, 9.17) is 0 Å². The molecule has 0 bridgehead atoms. The zero-order valence-electron chi connectivity index (χ0n) is 8.57. The summed E-state index contributed by atoms with van der Waals surface area (Å²) in [5.41, 5.74) is 2.40. The molecule has 14 heavy (non-hydrogen) atoms. The van der Waals surface area contributed by atoms with Crippen molar-refractivity contribution in [3.63, 3.8) is 0 Å². The normalized spacial score (nSPS) is 10.4. The first-order chi connectivity index (χ1) is 6.83. The van der Waals surface area contributed by atoms with Gasteiger partial charge in [0.2, 0.25) is 0 Å². The second-order valence-corrected chi connectivity index (χ2v) is 3.33. The zero-order valence-corrected chi connectivity index (χ0v) is 8.57. The lowest BCUT2D eigenvalue weighted by atomic mass is 10.2. The Labute approximate surface area is 84.2 Å². The van der Waals surface area contributed by atoms with Gasteiger partial charge in [-0.1, -0.05) is 30.3 Å². The van der Waals surface area contributed by atoms with Gasteiger partial charge in [0.1, 0.15) is 5.82 Å². The van der Waals surface area contributed by atoms with Crippen LogP contribution in [0.5, 0.6) is 0 Å². The van der Waals surface area contributed by atoms with Crippen molar-refractivity contribution >= 4 is 0 Å². The summed E-state index contributed by atoms with van der Waals surface area (Å²) < 4.78 is 2.22. The van der Waals surface area contributed by atoms with Crippen molar-refractivity contribution in [1.29, 1.82) is 0 Å². The van der Waals surface area contributed by atoms with Crippen LogP contribution in [0.1, 0.15) is 12.6 Å². The summed E-state index contributed by atoms with van der Waals surface area (Å²) >= 11 is 0. The summed E-state index contributed by atoms with van der Waals surface area (Å²) in [7, 11) is 0. The number of aromatic nitrogens is 2. The van der Waals surface area contributed by atoms with Crippen molar-refractivity contribution in [2.75, 3.05) is 0 Å². The standard InChI is InChI=1S/C12H14N2/c1-3-14-10(2)9-13-12(14)11-7-5-4-6-8-11/h4-9H,3H2,1-2H3. The SMILES string of the molecule is CCn1c(C)cnc1-c1ccccc1. The Hall–Kier alpha value is -1.57. The van der Waals surface area contributed by atoms with Crippen LogP contribution >= 0.6 is 0 Å². The predicted molar refractivity (Wildman–Crippen MR) is 58.1 cm³/mol. The van der Waals surface area contributed by atoms with Crippen LogP contribution in [0.4, 0.5) is 0 Å². The topological polar surface area (TPSA) is 17.8 Å². The van der Waals surface area contributed by atoms with Gasteiger partial charge in [0, 0.05) is 24.0 Å². The molecule has 0 aliphatic heterocycles. The molecule has 2 aromatic rings. The summed E-state index contributed by atoms with van der Waals surface area (Å²) in [6.45, 7) is 5.19. The van der Waals surface area contributed by atoms with Gasteiger partial charge in [-0.2, -0.15) is 0 Å². The lowest BCUT2D eigenvalue weighted by Gasteiger charge is -2.06. The third kappa shape index (κ3) is 1.43. The molecule has 2 heteroatoms. The van der Waals surface area contributed by atoms with Gasteiger partial charge < -0.3 is 4.57 Å². The minimum Gasteiger partial charge on any atom is -0.329 e. The first-order valence-corrected chi connectivity index (χ1v) is 4.90. The molecule has 2 rings (SSSR count). The van der Waals surface area contributed by atoms with Gasteiger partial charge in [-0.3, -0.25) is 0 Å². The second kappa shape index (κ2) is 3.66. The highest BCUT2D eigenvalue weighted by Crippen LogP contribution is 2.18. The first kappa shape index (κ1) is 9.00. The van der Waals surface area contributed by atoms with Crippen molar-refractivity contribution < 1.29 is 0 Å². The van der Waals surface area contributed by atoms with Crippen molar-refractivity contribution in [3.8, 4) is 11.4 Å². The lowest BCUT2D eigenvalue weighted by Crippen LogP contribution is -1.99. The van der Waals surface area contributed by atoms with Crippen LogP contribution in [-0.4, -0.2) is 9.55 Å². The number of hydrogen-bond donors (Lipinski definition) is 0. The Morgan fingerprint density at radius 3 is 2.57 bits per heavy atom. The fourth-order valence-electron chi connectivity index (χ4n) is 1.68. The van der Waals surface area contributed by atoms with Crippen LogP contribution in [0.3, 0.4) is 0 Å². The number of rotatable bonds is 2. The largest absolute Gasteiger partial charge is 0.329 e. The van der Waals surface area contributed by atoms with Gasteiger partial charge in [0.25, 0.3) is 0 Å². The molecular formula is C12H14N2. The molecule has 0 atom stereocenters. The second-order valence-electron chi connectivity index (χ2n) is 3.33. The Morgan fingerprint density at radius 1 is 1.21 bits per heavy atom. The van der Waals surface area contributed by atoms with E-state index in [-0.39, 0.29) is 0 Å². The molecule has 0 aliphatic carbocycles. The number of imidazole rings is 1. The minimum atomic E-state index is 0.968. The molecule has 1 heterocycles. The lowest BCUT2D eigenvalue weighted by molar-refractivity contribution is 0.746. The van der Waals surface area contributed by atoms with E-state index in [0.29, 0.717) is 0 Å². The molecule has 1 aromatic carbocycles. The molecule has 0 radical (unpaired) electrons. The molecule has 0 N–H and O–H groups in total. The van der Waals surface area contributed by atoms with E-state index in [9.17, 15) is 0 Å². The Bertz CT molecular complexity index is 415. The zero-order chi connectivity index (χ0) is 9.97. The van der Waals surface area contributed by atoms with Gasteiger partial charge in [-0.25, -0.2) is 4.98 Å². The summed E-state index contributed by atoms with van der Waals surface area (Å²) in [5.74, 6) is 1.06. The molecule has 0 amide bonds. The van der Waals surface area contributed by atoms with Gasteiger partial charge in [0.05, 0.1) is 0 Å². The van der Waals surface area contributed by atoms with Crippen LogP contribution in [-0.2, 0) is 6.54 Å². The molecule has 0 saturated carbocycles. The highest BCUT2D eigenvalue weighted by atomic mass is 15.1. The Kier molecular flexibility index (Phi) is 2.35. The maximum absolute atomic E-state index is 4.42. The molecule has 72 valence electrons. The molecule has 0 fully saturated rings. The highest BCUT2D eigenvalue weighted by molar-refractivity contribution is 5.55. The predicted octanol–water partition coefficient (Wildman–Crippen LogP) is 2.88. The number of nitrogens with zero attached hydrogens (tertiary/aromatic N) is 2. The first-order valence-electron chi connectivity index (χ1n) is 4.90. The monoisotopic (exact) mass is 186 g/mol.